The molecule has 0 bridgehead atoms. The van der Waals surface area contributed by atoms with Crippen LogP contribution in [0.2, 0.25) is 0 Å². The van der Waals surface area contributed by atoms with Crippen molar-refractivity contribution in [3.63, 3.8) is 0 Å². The van der Waals surface area contributed by atoms with E-state index < -0.39 is 5.97 Å². The first-order valence-electron chi connectivity index (χ1n) is 5.58. The zero-order valence-corrected chi connectivity index (χ0v) is 11.0. The molecule has 94 valence electrons. The standard InChI is InChI=1S/C11H16N2O3S/c1-6-5-16-7(2)4-13(6)11-12-9(10(14)15)8(3)17-11/h6-7H,4-5H2,1-3H3,(H,14,15). The minimum Gasteiger partial charge on any atom is -0.476 e. The molecule has 1 aliphatic heterocycles. The Morgan fingerprint density at radius 3 is 2.88 bits per heavy atom. The molecule has 0 spiro atoms. The number of thiazole rings is 1. The second-order valence-corrected chi connectivity index (χ2v) is 5.53. The van der Waals surface area contributed by atoms with Crippen LogP contribution >= 0.6 is 11.3 Å². The predicted octanol–water partition coefficient (Wildman–Crippen LogP) is 1.76. The lowest BCUT2D eigenvalue weighted by Crippen LogP contribution is -2.47. The third-order valence-electron chi connectivity index (χ3n) is 2.84. The molecule has 17 heavy (non-hydrogen) atoms. The number of hydrogen-bond donors (Lipinski definition) is 1. The van der Waals surface area contributed by atoms with E-state index in [0.717, 1.165) is 16.6 Å². The number of anilines is 1. The summed E-state index contributed by atoms with van der Waals surface area (Å²) in [5.41, 5.74) is 0.163. The van der Waals surface area contributed by atoms with Crippen LogP contribution in [-0.4, -0.2) is 41.4 Å². The van der Waals surface area contributed by atoms with E-state index in [2.05, 4.69) is 16.8 Å². The molecule has 0 amide bonds. The Morgan fingerprint density at radius 2 is 2.29 bits per heavy atom. The van der Waals surface area contributed by atoms with Crippen LogP contribution in [0.15, 0.2) is 0 Å². The number of morpholine rings is 1. The van der Waals surface area contributed by atoms with Gasteiger partial charge in [0.15, 0.2) is 10.8 Å². The normalized spacial score (nSPS) is 25.0. The number of hydrogen-bond acceptors (Lipinski definition) is 5. The summed E-state index contributed by atoms with van der Waals surface area (Å²) in [7, 11) is 0. The van der Waals surface area contributed by atoms with E-state index in [9.17, 15) is 4.79 Å². The lowest BCUT2D eigenvalue weighted by molar-refractivity contribution is 0.0343. The van der Waals surface area contributed by atoms with Gasteiger partial charge in [-0.3, -0.25) is 0 Å². The van der Waals surface area contributed by atoms with E-state index in [1.165, 1.54) is 11.3 Å². The van der Waals surface area contributed by atoms with Crippen LogP contribution < -0.4 is 4.90 Å². The summed E-state index contributed by atoms with van der Waals surface area (Å²) >= 11 is 1.43. The van der Waals surface area contributed by atoms with E-state index >= 15 is 0 Å². The Kier molecular flexibility index (Phi) is 3.35. The maximum Gasteiger partial charge on any atom is 0.355 e. The molecule has 2 rings (SSSR count). The fourth-order valence-corrected chi connectivity index (χ4v) is 2.89. The summed E-state index contributed by atoms with van der Waals surface area (Å²) in [6.07, 6.45) is 0.156. The van der Waals surface area contributed by atoms with E-state index in [0.29, 0.717) is 6.61 Å². The van der Waals surface area contributed by atoms with Gasteiger partial charge >= 0.3 is 5.97 Å². The number of carboxylic acids is 1. The van der Waals surface area contributed by atoms with Crippen LogP contribution in [0.5, 0.6) is 0 Å². The fourth-order valence-electron chi connectivity index (χ4n) is 1.87. The first-order chi connectivity index (χ1) is 7.99. The fraction of sp³-hybridized carbons (Fsp3) is 0.636. The van der Waals surface area contributed by atoms with E-state index in [-0.39, 0.29) is 17.8 Å². The average Bonchev–Trinajstić information content (AvgIpc) is 2.64. The average molecular weight is 256 g/mol. The number of rotatable bonds is 2. The smallest absolute Gasteiger partial charge is 0.355 e. The molecule has 1 aromatic heterocycles. The third-order valence-corrected chi connectivity index (χ3v) is 3.85. The molecular formula is C11H16N2O3S. The molecule has 1 aliphatic rings. The predicted molar refractivity (Wildman–Crippen MR) is 66.0 cm³/mol. The molecule has 2 atom stereocenters. The molecule has 0 radical (unpaired) electrons. The molecule has 1 saturated heterocycles. The molecule has 1 aromatic rings. The van der Waals surface area contributed by atoms with Crippen molar-refractivity contribution in [3.05, 3.63) is 10.6 Å². The Balaban J connectivity index is 2.26. The second kappa shape index (κ2) is 4.62. The number of carboxylic acid groups (broad SMARTS) is 1. The highest BCUT2D eigenvalue weighted by Gasteiger charge is 2.27. The van der Waals surface area contributed by atoms with Gasteiger partial charge in [0, 0.05) is 11.4 Å². The number of carbonyl (C=O) groups is 1. The summed E-state index contributed by atoms with van der Waals surface area (Å²) < 4.78 is 5.55. The molecule has 1 fully saturated rings. The summed E-state index contributed by atoms with van der Waals surface area (Å²) in [6, 6.07) is 0.235. The van der Waals surface area contributed by atoms with Gasteiger partial charge in [-0.2, -0.15) is 0 Å². The topological polar surface area (TPSA) is 62.7 Å². The van der Waals surface area contributed by atoms with Gasteiger partial charge in [0.1, 0.15) is 0 Å². The minimum atomic E-state index is -0.959. The lowest BCUT2D eigenvalue weighted by Gasteiger charge is -2.36. The largest absolute Gasteiger partial charge is 0.476 e. The maximum absolute atomic E-state index is 11.0. The summed E-state index contributed by atoms with van der Waals surface area (Å²) in [4.78, 5) is 18.0. The van der Waals surface area contributed by atoms with Gasteiger partial charge in [-0.05, 0) is 20.8 Å². The summed E-state index contributed by atoms with van der Waals surface area (Å²) in [5.74, 6) is -0.959. The molecule has 5 nitrogen and oxygen atoms in total. The summed E-state index contributed by atoms with van der Waals surface area (Å²) in [6.45, 7) is 7.27. The number of aryl methyl sites for hydroxylation is 1. The molecule has 0 aromatic carbocycles. The Hall–Kier alpha value is -1.14. The molecule has 0 saturated carbocycles. The van der Waals surface area contributed by atoms with Crippen LogP contribution in [0, 0.1) is 6.92 Å². The molecule has 2 heterocycles. The third kappa shape index (κ3) is 2.42. The quantitative estimate of drug-likeness (QED) is 0.873. The molecule has 2 unspecified atom stereocenters. The van der Waals surface area contributed by atoms with Crippen LogP contribution in [0.1, 0.15) is 29.2 Å². The van der Waals surface area contributed by atoms with Crippen molar-refractivity contribution in [1.29, 1.82) is 0 Å². The Labute approximate surface area is 104 Å². The minimum absolute atomic E-state index is 0.156. The number of nitrogens with zero attached hydrogens (tertiary/aromatic N) is 2. The molecule has 6 heteroatoms. The summed E-state index contributed by atoms with van der Waals surface area (Å²) in [5, 5.41) is 9.78. The second-order valence-electron chi connectivity index (χ2n) is 4.35. The van der Waals surface area contributed by atoms with Crippen molar-refractivity contribution in [2.45, 2.75) is 32.9 Å². The highest BCUT2D eigenvalue weighted by molar-refractivity contribution is 7.15. The van der Waals surface area contributed by atoms with Crippen LogP contribution in [0.25, 0.3) is 0 Å². The SMILES string of the molecule is Cc1sc(N2CC(C)OCC2C)nc1C(=O)O. The monoisotopic (exact) mass is 256 g/mol. The van der Waals surface area contributed by atoms with Crippen LogP contribution in [0.3, 0.4) is 0 Å². The zero-order chi connectivity index (χ0) is 12.6. The van der Waals surface area contributed by atoms with Crippen molar-refractivity contribution >= 4 is 22.4 Å². The first-order valence-corrected chi connectivity index (χ1v) is 6.39. The van der Waals surface area contributed by atoms with E-state index in [1.54, 1.807) is 6.92 Å². The number of aromatic carboxylic acids is 1. The maximum atomic E-state index is 11.0. The van der Waals surface area contributed by atoms with Gasteiger partial charge in [-0.15, -0.1) is 11.3 Å². The Bertz CT molecular complexity index is 432. The molecule has 1 N–H and O–H groups in total. The van der Waals surface area contributed by atoms with Gasteiger partial charge in [0.25, 0.3) is 0 Å². The van der Waals surface area contributed by atoms with Gasteiger partial charge in [0.05, 0.1) is 18.8 Å². The Morgan fingerprint density at radius 1 is 1.59 bits per heavy atom. The van der Waals surface area contributed by atoms with Crippen molar-refractivity contribution in [2.75, 3.05) is 18.1 Å². The highest BCUT2D eigenvalue weighted by atomic mass is 32.1. The van der Waals surface area contributed by atoms with E-state index in [1.807, 2.05) is 6.92 Å². The lowest BCUT2D eigenvalue weighted by atomic mass is 10.2. The number of aromatic nitrogens is 1. The van der Waals surface area contributed by atoms with Crippen LogP contribution in [0.4, 0.5) is 5.13 Å². The van der Waals surface area contributed by atoms with Crippen molar-refractivity contribution in [3.8, 4) is 0 Å². The zero-order valence-electron chi connectivity index (χ0n) is 10.1. The van der Waals surface area contributed by atoms with Crippen molar-refractivity contribution in [2.24, 2.45) is 0 Å². The number of ether oxygens (including phenoxy) is 1. The van der Waals surface area contributed by atoms with Gasteiger partial charge < -0.3 is 14.7 Å². The van der Waals surface area contributed by atoms with Crippen LogP contribution in [-0.2, 0) is 4.74 Å². The van der Waals surface area contributed by atoms with Crippen molar-refractivity contribution in [1.82, 2.24) is 4.98 Å². The van der Waals surface area contributed by atoms with Gasteiger partial charge in [-0.25, -0.2) is 9.78 Å². The highest BCUT2D eigenvalue weighted by Crippen LogP contribution is 2.29. The first kappa shape index (κ1) is 12.3. The molecular weight excluding hydrogens is 240 g/mol. The van der Waals surface area contributed by atoms with Gasteiger partial charge in [-0.1, -0.05) is 0 Å². The molecule has 0 aliphatic carbocycles. The van der Waals surface area contributed by atoms with E-state index in [4.69, 9.17) is 9.84 Å². The van der Waals surface area contributed by atoms with Crippen molar-refractivity contribution < 1.29 is 14.6 Å². The van der Waals surface area contributed by atoms with Gasteiger partial charge in [0.2, 0.25) is 0 Å².